The van der Waals surface area contributed by atoms with Gasteiger partial charge in [-0.25, -0.2) is 10.8 Å². The zero-order valence-electron chi connectivity index (χ0n) is 7.55. The molecule has 0 radical (unpaired) electrons. The largest absolute Gasteiger partial charge is 0.296 e. The van der Waals surface area contributed by atoms with E-state index in [1.807, 2.05) is 0 Å². The molecule has 0 amide bonds. The van der Waals surface area contributed by atoms with Gasteiger partial charge in [0.1, 0.15) is 11.4 Å². The predicted molar refractivity (Wildman–Crippen MR) is 56.0 cm³/mol. The first kappa shape index (κ1) is 9.88. The Morgan fingerprint density at radius 2 is 2.33 bits per heavy atom. The SMILES string of the molecule is NN1C=Nc2cc(Cl)c([N+](=O)[O-])cc2C1. The Labute approximate surface area is 90.1 Å². The molecule has 0 atom stereocenters. The van der Waals surface area contributed by atoms with Gasteiger partial charge >= 0.3 is 0 Å². The van der Waals surface area contributed by atoms with Crippen LogP contribution < -0.4 is 5.84 Å². The number of hydrogen-bond donors (Lipinski definition) is 1. The number of halogens is 1. The molecule has 0 aliphatic carbocycles. The minimum Gasteiger partial charge on any atom is -0.296 e. The molecule has 0 aromatic heterocycles. The third-order valence-corrected chi connectivity index (χ3v) is 2.35. The second-order valence-corrected chi connectivity index (χ2v) is 3.51. The van der Waals surface area contributed by atoms with Gasteiger partial charge in [-0.3, -0.25) is 15.1 Å². The Balaban J connectivity index is 2.54. The Morgan fingerprint density at radius 3 is 3.00 bits per heavy atom. The van der Waals surface area contributed by atoms with Crippen LogP contribution in [0.5, 0.6) is 0 Å². The smallest absolute Gasteiger partial charge is 0.288 e. The van der Waals surface area contributed by atoms with Crippen molar-refractivity contribution in [2.75, 3.05) is 0 Å². The molecule has 0 fully saturated rings. The molecule has 0 saturated heterocycles. The average molecular weight is 227 g/mol. The molecule has 1 aromatic carbocycles. The van der Waals surface area contributed by atoms with Crippen molar-refractivity contribution in [1.29, 1.82) is 0 Å². The number of hydrazine groups is 1. The molecule has 2 rings (SSSR count). The number of hydrogen-bond acceptors (Lipinski definition) is 5. The fourth-order valence-corrected chi connectivity index (χ4v) is 1.58. The summed E-state index contributed by atoms with van der Waals surface area (Å²) in [7, 11) is 0. The summed E-state index contributed by atoms with van der Waals surface area (Å²) in [6.07, 6.45) is 1.45. The molecule has 7 heteroatoms. The van der Waals surface area contributed by atoms with E-state index >= 15 is 0 Å². The summed E-state index contributed by atoms with van der Waals surface area (Å²) in [5.41, 5.74) is 1.18. The van der Waals surface area contributed by atoms with Crippen LogP contribution in [0.1, 0.15) is 5.56 Å². The predicted octanol–water partition coefficient (Wildman–Crippen LogP) is 1.60. The van der Waals surface area contributed by atoms with Gasteiger partial charge in [0.05, 0.1) is 17.2 Å². The lowest BCUT2D eigenvalue weighted by atomic mass is 10.1. The first-order valence-electron chi connectivity index (χ1n) is 4.10. The topological polar surface area (TPSA) is 84.8 Å². The quantitative estimate of drug-likeness (QED) is 0.448. The first-order chi connectivity index (χ1) is 7.08. The minimum absolute atomic E-state index is 0.0846. The molecule has 0 unspecified atom stereocenters. The van der Waals surface area contributed by atoms with E-state index in [1.54, 1.807) is 0 Å². The van der Waals surface area contributed by atoms with Crippen LogP contribution in [0.15, 0.2) is 17.1 Å². The van der Waals surface area contributed by atoms with Gasteiger partial charge in [-0.15, -0.1) is 0 Å². The van der Waals surface area contributed by atoms with Crippen LogP contribution in [-0.4, -0.2) is 16.3 Å². The highest BCUT2D eigenvalue weighted by Gasteiger charge is 2.18. The van der Waals surface area contributed by atoms with Gasteiger partial charge in [-0.2, -0.15) is 0 Å². The lowest BCUT2D eigenvalue weighted by Gasteiger charge is -2.18. The van der Waals surface area contributed by atoms with Crippen molar-refractivity contribution in [3.63, 3.8) is 0 Å². The Kier molecular flexibility index (Phi) is 2.29. The number of benzene rings is 1. The van der Waals surface area contributed by atoms with Gasteiger partial charge in [-0.1, -0.05) is 11.6 Å². The zero-order valence-corrected chi connectivity index (χ0v) is 8.31. The number of nitrogens with zero attached hydrogens (tertiary/aromatic N) is 3. The van der Waals surface area contributed by atoms with Gasteiger partial charge in [-0.05, 0) is 6.07 Å². The molecular formula is C8H7ClN4O2. The molecule has 0 saturated carbocycles. The van der Waals surface area contributed by atoms with E-state index in [4.69, 9.17) is 17.4 Å². The Bertz CT molecular complexity index is 460. The van der Waals surface area contributed by atoms with Crippen molar-refractivity contribution in [2.24, 2.45) is 10.8 Å². The summed E-state index contributed by atoms with van der Waals surface area (Å²) in [6, 6.07) is 2.87. The summed E-state index contributed by atoms with van der Waals surface area (Å²) in [4.78, 5) is 14.1. The summed E-state index contributed by atoms with van der Waals surface area (Å²) in [5, 5.41) is 12.1. The van der Waals surface area contributed by atoms with E-state index in [1.165, 1.54) is 23.5 Å². The first-order valence-corrected chi connectivity index (χ1v) is 4.48. The fraction of sp³-hybridized carbons (Fsp3) is 0.125. The second-order valence-electron chi connectivity index (χ2n) is 3.11. The molecule has 1 aromatic rings. The van der Waals surface area contributed by atoms with Crippen LogP contribution in [0.2, 0.25) is 5.02 Å². The van der Waals surface area contributed by atoms with Crippen LogP contribution in [-0.2, 0) is 6.54 Å². The molecule has 78 valence electrons. The van der Waals surface area contributed by atoms with Gasteiger partial charge < -0.3 is 0 Å². The van der Waals surface area contributed by atoms with E-state index in [9.17, 15) is 10.1 Å². The van der Waals surface area contributed by atoms with Gasteiger partial charge in [0.15, 0.2) is 0 Å². The van der Waals surface area contributed by atoms with Gasteiger partial charge in [0.2, 0.25) is 0 Å². The highest BCUT2D eigenvalue weighted by atomic mass is 35.5. The number of aliphatic imine (C=N–C) groups is 1. The van der Waals surface area contributed by atoms with E-state index in [0.29, 0.717) is 17.8 Å². The van der Waals surface area contributed by atoms with Crippen molar-refractivity contribution in [3.8, 4) is 0 Å². The summed E-state index contributed by atoms with van der Waals surface area (Å²) in [6.45, 7) is 0.386. The molecule has 15 heavy (non-hydrogen) atoms. The van der Waals surface area contributed by atoms with Crippen molar-refractivity contribution in [1.82, 2.24) is 5.01 Å². The molecular weight excluding hydrogens is 220 g/mol. The fourth-order valence-electron chi connectivity index (χ4n) is 1.36. The maximum absolute atomic E-state index is 10.6. The van der Waals surface area contributed by atoms with Crippen LogP contribution >= 0.6 is 11.6 Å². The van der Waals surface area contributed by atoms with Crippen LogP contribution in [0.25, 0.3) is 0 Å². The zero-order chi connectivity index (χ0) is 11.0. The molecule has 1 aliphatic rings. The molecule has 1 aliphatic heterocycles. The lowest BCUT2D eigenvalue weighted by Crippen LogP contribution is -2.30. The van der Waals surface area contributed by atoms with E-state index in [2.05, 4.69) is 4.99 Å². The maximum atomic E-state index is 10.6. The third-order valence-electron chi connectivity index (χ3n) is 2.04. The summed E-state index contributed by atoms with van der Waals surface area (Å²) < 4.78 is 0. The molecule has 0 bridgehead atoms. The Hall–Kier alpha value is -1.66. The van der Waals surface area contributed by atoms with Crippen molar-refractivity contribution >= 4 is 29.3 Å². The van der Waals surface area contributed by atoms with E-state index in [-0.39, 0.29) is 10.7 Å². The highest BCUT2D eigenvalue weighted by molar-refractivity contribution is 6.33. The molecule has 0 spiro atoms. The van der Waals surface area contributed by atoms with Gasteiger partial charge in [0.25, 0.3) is 5.69 Å². The van der Waals surface area contributed by atoms with Crippen LogP contribution in [0.3, 0.4) is 0 Å². The van der Waals surface area contributed by atoms with E-state index < -0.39 is 4.92 Å². The molecule has 6 nitrogen and oxygen atoms in total. The minimum atomic E-state index is -0.526. The maximum Gasteiger partial charge on any atom is 0.288 e. The average Bonchev–Trinajstić information content (AvgIpc) is 2.17. The third kappa shape index (κ3) is 1.77. The van der Waals surface area contributed by atoms with Crippen molar-refractivity contribution in [3.05, 3.63) is 32.8 Å². The van der Waals surface area contributed by atoms with Gasteiger partial charge in [0, 0.05) is 11.6 Å². The standard InChI is InChI=1S/C8H7ClN4O2/c9-6-2-7-5(1-8(6)13(14)15)3-12(10)4-11-7/h1-2,4H,3,10H2. The number of nitro groups is 1. The molecule has 2 N–H and O–H groups in total. The normalized spacial score (nSPS) is 13.9. The second kappa shape index (κ2) is 3.48. The number of nitrogens with two attached hydrogens (primary N) is 1. The van der Waals surface area contributed by atoms with E-state index in [0.717, 1.165) is 0 Å². The van der Waals surface area contributed by atoms with Crippen LogP contribution in [0, 0.1) is 10.1 Å². The number of nitro benzene ring substituents is 1. The monoisotopic (exact) mass is 226 g/mol. The lowest BCUT2D eigenvalue weighted by molar-refractivity contribution is -0.384. The highest BCUT2D eigenvalue weighted by Crippen LogP contribution is 2.33. The van der Waals surface area contributed by atoms with Crippen molar-refractivity contribution in [2.45, 2.75) is 6.54 Å². The van der Waals surface area contributed by atoms with Crippen molar-refractivity contribution < 1.29 is 4.92 Å². The summed E-state index contributed by atoms with van der Waals surface area (Å²) in [5.74, 6) is 5.49. The molecule has 1 heterocycles. The Morgan fingerprint density at radius 1 is 1.60 bits per heavy atom. The number of fused-ring (bicyclic) bond motifs is 1. The van der Waals surface area contributed by atoms with Crippen LogP contribution in [0.4, 0.5) is 11.4 Å². The number of rotatable bonds is 1. The summed E-state index contributed by atoms with van der Waals surface area (Å²) >= 11 is 5.73.